The SMILES string of the molecule is COCCON1NN=C(C(C=O)=Cc2ccc(F)cc2)N1C. The van der Waals surface area contributed by atoms with Gasteiger partial charge in [-0.1, -0.05) is 12.1 Å². The molecule has 1 heterocycles. The Morgan fingerprint density at radius 3 is 2.73 bits per heavy atom. The Morgan fingerprint density at radius 2 is 2.09 bits per heavy atom. The fraction of sp³-hybridized carbons (Fsp3) is 0.286. The first-order chi connectivity index (χ1) is 10.7. The molecule has 1 aromatic carbocycles. The van der Waals surface area contributed by atoms with Crippen LogP contribution in [0.25, 0.3) is 6.08 Å². The van der Waals surface area contributed by atoms with Gasteiger partial charge in [0.05, 0.1) is 18.8 Å². The molecule has 0 saturated carbocycles. The topological polar surface area (TPSA) is 66.4 Å². The summed E-state index contributed by atoms with van der Waals surface area (Å²) in [5, 5.41) is 6.87. The molecule has 0 saturated heterocycles. The lowest BCUT2D eigenvalue weighted by Gasteiger charge is -2.23. The van der Waals surface area contributed by atoms with Gasteiger partial charge in [0.25, 0.3) is 0 Å². The summed E-state index contributed by atoms with van der Waals surface area (Å²) in [4.78, 5) is 16.7. The number of hydrogen-bond donors (Lipinski definition) is 1. The van der Waals surface area contributed by atoms with Crippen LogP contribution in [-0.4, -0.2) is 49.8 Å². The first-order valence-corrected chi connectivity index (χ1v) is 6.57. The van der Waals surface area contributed by atoms with Crippen molar-refractivity contribution < 1.29 is 18.8 Å². The fourth-order valence-corrected chi connectivity index (χ4v) is 1.78. The second-order valence-corrected chi connectivity index (χ2v) is 4.43. The van der Waals surface area contributed by atoms with E-state index in [-0.39, 0.29) is 5.82 Å². The highest BCUT2D eigenvalue weighted by atomic mass is 19.1. The Bertz CT molecular complexity index is 574. The molecule has 2 rings (SSSR count). The van der Waals surface area contributed by atoms with Crippen LogP contribution in [0, 0.1) is 5.82 Å². The fourth-order valence-electron chi connectivity index (χ4n) is 1.78. The number of methoxy groups -OCH3 is 1. The van der Waals surface area contributed by atoms with E-state index in [1.807, 2.05) is 0 Å². The van der Waals surface area contributed by atoms with E-state index in [0.717, 1.165) is 0 Å². The number of ether oxygens (including phenoxy) is 1. The maximum absolute atomic E-state index is 12.9. The molecule has 1 N–H and O–H groups in total. The molecule has 0 bridgehead atoms. The highest BCUT2D eigenvalue weighted by molar-refractivity contribution is 6.17. The summed E-state index contributed by atoms with van der Waals surface area (Å²) >= 11 is 0. The summed E-state index contributed by atoms with van der Waals surface area (Å²) in [6.45, 7) is 0.752. The highest BCUT2D eigenvalue weighted by Crippen LogP contribution is 2.13. The minimum atomic E-state index is -0.334. The van der Waals surface area contributed by atoms with E-state index in [2.05, 4.69) is 10.6 Å². The molecule has 0 fully saturated rings. The second-order valence-electron chi connectivity index (χ2n) is 4.43. The van der Waals surface area contributed by atoms with Gasteiger partial charge in [-0.3, -0.25) is 9.63 Å². The largest absolute Gasteiger partial charge is 0.382 e. The molecular formula is C14H17FN4O3. The van der Waals surface area contributed by atoms with Gasteiger partial charge in [0.15, 0.2) is 12.1 Å². The highest BCUT2D eigenvalue weighted by Gasteiger charge is 2.25. The molecule has 0 aromatic heterocycles. The number of halogens is 1. The quantitative estimate of drug-likeness (QED) is 0.460. The molecule has 0 radical (unpaired) electrons. The molecule has 0 spiro atoms. The van der Waals surface area contributed by atoms with Crippen molar-refractivity contribution in [2.45, 2.75) is 0 Å². The van der Waals surface area contributed by atoms with Crippen molar-refractivity contribution in [2.75, 3.05) is 27.4 Å². The number of nitrogens with zero attached hydrogens (tertiary/aromatic N) is 3. The van der Waals surface area contributed by atoms with E-state index >= 15 is 0 Å². The van der Waals surface area contributed by atoms with E-state index < -0.39 is 0 Å². The van der Waals surface area contributed by atoms with Crippen molar-refractivity contribution >= 4 is 18.2 Å². The Hall–Kier alpha value is -2.29. The van der Waals surface area contributed by atoms with Crippen LogP contribution in [0.4, 0.5) is 4.39 Å². The smallest absolute Gasteiger partial charge is 0.178 e. The van der Waals surface area contributed by atoms with Gasteiger partial charge in [-0.2, -0.15) is 5.53 Å². The third-order valence-electron chi connectivity index (χ3n) is 2.90. The zero-order chi connectivity index (χ0) is 15.9. The van der Waals surface area contributed by atoms with Crippen molar-refractivity contribution in [3.63, 3.8) is 0 Å². The maximum Gasteiger partial charge on any atom is 0.178 e. The molecule has 1 aromatic rings. The minimum Gasteiger partial charge on any atom is -0.382 e. The van der Waals surface area contributed by atoms with Crippen LogP contribution in [0.15, 0.2) is 34.9 Å². The third kappa shape index (κ3) is 3.88. The van der Waals surface area contributed by atoms with E-state index in [4.69, 9.17) is 9.57 Å². The first-order valence-electron chi connectivity index (χ1n) is 6.57. The number of amidine groups is 1. The number of aldehydes is 1. The first kappa shape index (κ1) is 16.1. The molecule has 8 heteroatoms. The van der Waals surface area contributed by atoms with E-state index in [1.165, 1.54) is 17.4 Å². The van der Waals surface area contributed by atoms with Crippen molar-refractivity contribution in [3.05, 3.63) is 41.2 Å². The summed E-state index contributed by atoms with van der Waals surface area (Å²) < 4.78 is 17.8. The number of carbonyl (C=O) groups is 1. The van der Waals surface area contributed by atoms with Crippen molar-refractivity contribution in [1.29, 1.82) is 0 Å². The monoisotopic (exact) mass is 308 g/mol. The van der Waals surface area contributed by atoms with Crippen LogP contribution in [0.2, 0.25) is 0 Å². The number of likely N-dealkylation sites (N-methyl/N-ethyl adjacent to an activating group) is 1. The van der Waals surface area contributed by atoms with E-state index in [0.29, 0.717) is 36.5 Å². The van der Waals surface area contributed by atoms with Gasteiger partial charge in [-0.05, 0) is 23.8 Å². The zero-order valence-electron chi connectivity index (χ0n) is 12.3. The molecule has 0 unspecified atom stereocenters. The van der Waals surface area contributed by atoms with Gasteiger partial charge in [-0.25, -0.2) is 9.40 Å². The van der Waals surface area contributed by atoms with E-state index in [9.17, 15) is 9.18 Å². The minimum absolute atomic E-state index is 0.328. The van der Waals surface area contributed by atoms with Gasteiger partial charge >= 0.3 is 0 Å². The van der Waals surface area contributed by atoms with Gasteiger partial charge in [0, 0.05) is 19.4 Å². The number of carbonyl (C=O) groups excluding carboxylic acids is 1. The number of rotatable bonds is 7. The molecule has 0 amide bonds. The predicted molar refractivity (Wildman–Crippen MR) is 78.4 cm³/mol. The Morgan fingerprint density at radius 1 is 1.36 bits per heavy atom. The van der Waals surface area contributed by atoms with Crippen LogP contribution < -0.4 is 5.53 Å². The molecule has 1 aliphatic heterocycles. The van der Waals surface area contributed by atoms with Crippen molar-refractivity contribution in [2.24, 2.45) is 5.10 Å². The van der Waals surface area contributed by atoms with Crippen LogP contribution in [0.5, 0.6) is 0 Å². The van der Waals surface area contributed by atoms with Gasteiger partial charge in [-0.15, -0.1) is 5.10 Å². The van der Waals surface area contributed by atoms with Crippen molar-refractivity contribution in [1.82, 2.24) is 15.8 Å². The summed E-state index contributed by atoms with van der Waals surface area (Å²) in [5.74, 6) is 0.0521. The molecule has 7 nitrogen and oxygen atoms in total. The number of hydrazone groups is 1. The Balaban J connectivity index is 2.08. The van der Waals surface area contributed by atoms with Crippen LogP contribution in [-0.2, 0) is 14.4 Å². The third-order valence-corrected chi connectivity index (χ3v) is 2.90. The molecular weight excluding hydrogens is 291 g/mol. The predicted octanol–water partition coefficient (Wildman–Crippen LogP) is 0.966. The normalized spacial score (nSPS) is 15.7. The molecule has 118 valence electrons. The number of hydrazine groups is 2. The number of hydrogen-bond acceptors (Lipinski definition) is 7. The summed E-state index contributed by atoms with van der Waals surface area (Å²) in [5.41, 5.74) is 3.66. The van der Waals surface area contributed by atoms with Crippen molar-refractivity contribution in [3.8, 4) is 0 Å². The molecule has 0 aliphatic carbocycles. The summed E-state index contributed by atoms with van der Waals surface area (Å²) in [6, 6.07) is 5.81. The second kappa shape index (κ2) is 7.64. The standard InChI is InChI=1S/C14H17FN4O3/c1-18-14(16-17-19(18)22-8-7-21-2)12(10-20)9-11-3-5-13(15)6-4-11/h3-6,9-10,17H,7-8H2,1-2H3. The lowest BCUT2D eigenvalue weighted by molar-refractivity contribution is -0.276. The van der Waals surface area contributed by atoms with Gasteiger partial charge in [0.1, 0.15) is 5.82 Å². The summed E-state index contributed by atoms with van der Waals surface area (Å²) in [7, 11) is 3.26. The zero-order valence-corrected chi connectivity index (χ0v) is 12.3. The average molecular weight is 308 g/mol. The Labute approximate surface area is 127 Å². The maximum atomic E-state index is 12.9. The van der Waals surface area contributed by atoms with Gasteiger partial charge < -0.3 is 4.74 Å². The molecule has 22 heavy (non-hydrogen) atoms. The average Bonchev–Trinajstić information content (AvgIpc) is 2.88. The number of benzene rings is 1. The molecule has 1 aliphatic rings. The van der Waals surface area contributed by atoms with Crippen LogP contribution >= 0.6 is 0 Å². The van der Waals surface area contributed by atoms with Crippen LogP contribution in [0.1, 0.15) is 5.56 Å². The lowest BCUT2D eigenvalue weighted by atomic mass is 10.1. The number of nitrogens with one attached hydrogen (secondary N) is 1. The Kier molecular flexibility index (Phi) is 5.59. The van der Waals surface area contributed by atoms with Crippen LogP contribution in [0.3, 0.4) is 0 Å². The summed E-state index contributed by atoms with van der Waals surface area (Å²) in [6.07, 6.45) is 2.29. The lowest BCUT2D eigenvalue weighted by Crippen LogP contribution is -2.43. The molecule has 0 atom stereocenters. The van der Waals surface area contributed by atoms with Gasteiger partial charge in [0.2, 0.25) is 0 Å². The van der Waals surface area contributed by atoms with E-state index in [1.54, 1.807) is 37.4 Å².